The summed E-state index contributed by atoms with van der Waals surface area (Å²) >= 11 is 5.99. The van der Waals surface area contributed by atoms with E-state index in [1.165, 1.54) is 12.1 Å². The number of pyridine rings is 1. The van der Waals surface area contributed by atoms with Gasteiger partial charge in [-0.3, -0.25) is 4.98 Å². The van der Waals surface area contributed by atoms with Crippen molar-refractivity contribution < 1.29 is 22.3 Å². The van der Waals surface area contributed by atoms with E-state index >= 15 is 0 Å². The molecule has 0 radical (unpaired) electrons. The third-order valence-corrected chi connectivity index (χ3v) is 5.96. The minimum absolute atomic E-state index is 0.0573. The molecule has 0 saturated carbocycles. The van der Waals surface area contributed by atoms with E-state index < -0.39 is 17.6 Å². The SMILES string of the molecule is Fc1cc2c(N3CCc4ncc(C(F)(F)F)cc4C3)nc(N3CCOCC3)nc2cc1Cl. The van der Waals surface area contributed by atoms with Crippen LogP contribution in [0, 0.1) is 5.82 Å². The molecule has 32 heavy (non-hydrogen) atoms. The molecule has 1 fully saturated rings. The van der Waals surface area contributed by atoms with Gasteiger partial charge in [0.05, 0.1) is 29.3 Å². The third-order valence-electron chi connectivity index (χ3n) is 5.67. The number of hydrogen-bond donors (Lipinski definition) is 0. The Labute approximate surface area is 185 Å². The molecule has 0 amide bonds. The normalized spacial score (nSPS) is 17.0. The lowest BCUT2D eigenvalue weighted by Crippen LogP contribution is -2.38. The summed E-state index contributed by atoms with van der Waals surface area (Å²) < 4.78 is 59.2. The van der Waals surface area contributed by atoms with Crippen LogP contribution in [0.15, 0.2) is 24.4 Å². The lowest BCUT2D eigenvalue weighted by Gasteiger charge is -2.32. The highest BCUT2D eigenvalue weighted by atomic mass is 35.5. The molecule has 1 aromatic carbocycles. The highest BCUT2D eigenvalue weighted by molar-refractivity contribution is 6.31. The first-order valence-corrected chi connectivity index (χ1v) is 10.5. The Bertz CT molecular complexity index is 1180. The van der Waals surface area contributed by atoms with Crippen LogP contribution in [0.1, 0.15) is 16.8 Å². The molecule has 0 aliphatic carbocycles. The second-order valence-corrected chi connectivity index (χ2v) is 8.14. The molecule has 1 saturated heterocycles. The van der Waals surface area contributed by atoms with Gasteiger partial charge in [-0.1, -0.05) is 11.6 Å². The zero-order valence-electron chi connectivity index (χ0n) is 16.8. The quantitative estimate of drug-likeness (QED) is 0.526. The molecule has 0 unspecified atom stereocenters. The number of morpholine rings is 1. The first kappa shape index (κ1) is 21.1. The second-order valence-electron chi connectivity index (χ2n) is 7.73. The molecule has 2 aliphatic heterocycles. The van der Waals surface area contributed by atoms with E-state index in [0.717, 1.165) is 12.3 Å². The molecule has 0 bridgehead atoms. The van der Waals surface area contributed by atoms with E-state index in [1.54, 1.807) is 0 Å². The standard InChI is InChI=1S/C21H18ClF4N5O/c22-15-9-18-14(8-16(15)23)19(29-20(28-18)30-3-5-32-6-4-30)31-2-1-17-12(11-31)7-13(10-27-17)21(24,25)26/h7-10H,1-6,11H2. The number of anilines is 2. The van der Waals surface area contributed by atoms with E-state index in [-0.39, 0.29) is 11.6 Å². The monoisotopic (exact) mass is 467 g/mol. The van der Waals surface area contributed by atoms with E-state index in [4.69, 9.17) is 21.3 Å². The van der Waals surface area contributed by atoms with Gasteiger partial charge in [-0.2, -0.15) is 18.2 Å². The van der Waals surface area contributed by atoms with Crippen LogP contribution in [0.4, 0.5) is 29.3 Å². The van der Waals surface area contributed by atoms with Crippen LogP contribution in [-0.4, -0.2) is 47.8 Å². The van der Waals surface area contributed by atoms with E-state index in [9.17, 15) is 17.6 Å². The first-order valence-electron chi connectivity index (χ1n) is 10.1. The molecule has 4 heterocycles. The Kier molecular flexibility index (Phi) is 5.29. The van der Waals surface area contributed by atoms with Crippen molar-refractivity contribution in [3.05, 3.63) is 52.1 Å². The van der Waals surface area contributed by atoms with Gasteiger partial charge in [-0.05, 0) is 23.8 Å². The molecule has 6 nitrogen and oxygen atoms in total. The maximum Gasteiger partial charge on any atom is 0.417 e. The van der Waals surface area contributed by atoms with Gasteiger partial charge in [0.2, 0.25) is 5.95 Å². The van der Waals surface area contributed by atoms with E-state index in [0.29, 0.717) is 73.2 Å². The van der Waals surface area contributed by atoms with Crippen LogP contribution in [-0.2, 0) is 23.9 Å². The van der Waals surface area contributed by atoms with Crippen LogP contribution >= 0.6 is 11.6 Å². The number of halogens is 5. The van der Waals surface area contributed by atoms with E-state index in [1.807, 2.05) is 9.80 Å². The van der Waals surface area contributed by atoms with Crippen LogP contribution in [0.2, 0.25) is 5.02 Å². The van der Waals surface area contributed by atoms with Gasteiger partial charge >= 0.3 is 6.18 Å². The van der Waals surface area contributed by atoms with Crippen molar-refractivity contribution in [1.29, 1.82) is 0 Å². The van der Waals surface area contributed by atoms with Crippen LogP contribution < -0.4 is 9.80 Å². The van der Waals surface area contributed by atoms with Crippen molar-refractivity contribution in [2.45, 2.75) is 19.1 Å². The Balaban J connectivity index is 1.59. The van der Waals surface area contributed by atoms with Gasteiger partial charge in [0.25, 0.3) is 0 Å². The zero-order chi connectivity index (χ0) is 22.5. The molecule has 5 rings (SSSR count). The Morgan fingerprint density at radius 1 is 1.00 bits per heavy atom. The fraction of sp³-hybridized carbons (Fsp3) is 0.381. The van der Waals surface area contributed by atoms with Gasteiger partial charge in [-0.15, -0.1) is 0 Å². The minimum atomic E-state index is -4.48. The lowest BCUT2D eigenvalue weighted by molar-refractivity contribution is -0.137. The maximum atomic E-state index is 14.3. The lowest BCUT2D eigenvalue weighted by atomic mass is 10.0. The van der Waals surface area contributed by atoms with Crippen LogP contribution in [0.5, 0.6) is 0 Å². The predicted molar refractivity (Wildman–Crippen MR) is 112 cm³/mol. The maximum absolute atomic E-state index is 14.3. The highest BCUT2D eigenvalue weighted by Gasteiger charge is 2.33. The summed E-state index contributed by atoms with van der Waals surface area (Å²) in [5, 5.41) is 0.394. The summed E-state index contributed by atoms with van der Waals surface area (Å²) in [6.07, 6.45) is -3.17. The molecular weight excluding hydrogens is 450 g/mol. The molecule has 2 aliphatic rings. The van der Waals surface area contributed by atoms with Crippen molar-refractivity contribution in [3.8, 4) is 0 Å². The largest absolute Gasteiger partial charge is 0.417 e. The molecule has 0 atom stereocenters. The predicted octanol–water partition coefficient (Wildman–Crippen LogP) is 4.24. The van der Waals surface area contributed by atoms with Crippen LogP contribution in [0.25, 0.3) is 10.9 Å². The van der Waals surface area contributed by atoms with Crippen molar-refractivity contribution in [1.82, 2.24) is 15.0 Å². The summed E-state index contributed by atoms with van der Waals surface area (Å²) in [4.78, 5) is 17.1. The molecular formula is C21H18ClF4N5O. The summed E-state index contributed by atoms with van der Waals surface area (Å²) in [5.41, 5.74) is 0.767. The Hall–Kier alpha value is -2.72. The topological polar surface area (TPSA) is 54.4 Å². The molecule has 0 spiro atoms. The number of benzene rings is 1. The van der Waals surface area contributed by atoms with Gasteiger partial charge in [0.15, 0.2) is 0 Å². The Morgan fingerprint density at radius 2 is 1.78 bits per heavy atom. The van der Waals surface area contributed by atoms with Gasteiger partial charge in [0, 0.05) is 49.9 Å². The fourth-order valence-corrected chi connectivity index (χ4v) is 4.16. The fourth-order valence-electron chi connectivity index (χ4n) is 4.00. The van der Waals surface area contributed by atoms with Gasteiger partial charge in [0.1, 0.15) is 11.6 Å². The molecule has 3 aromatic rings. The second kappa shape index (κ2) is 8.00. The summed E-state index contributed by atoms with van der Waals surface area (Å²) in [5.74, 6) is 0.295. The number of fused-ring (bicyclic) bond motifs is 2. The average Bonchev–Trinajstić information content (AvgIpc) is 2.78. The zero-order valence-corrected chi connectivity index (χ0v) is 17.5. The summed E-state index contributed by atoms with van der Waals surface area (Å²) in [7, 11) is 0. The van der Waals surface area contributed by atoms with Gasteiger partial charge in [-0.25, -0.2) is 9.37 Å². The number of rotatable bonds is 2. The summed E-state index contributed by atoms with van der Waals surface area (Å²) in [6, 6.07) is 3.84. The highest BCUT2D eigenvalue weighted by Crippen LogP contribution is 2.35. The molecule has 168 valence electrons. The van der Waals surface area contributed by atoms with Crippen LogP contribution in [0.3, 0.4) is 0 Å². The number of aromatic nitrogens is 3. The Morgan fingerprint density at radius 3 is 2.53 bits per heavy atom. The number of nitrogens with zero attached hydrogens (tertiary/aromatic N) is 5. The number of hydrogen-bond acceptors (Lipinski definition) is 6. The minimum Gasteiger partial charge on any atom is -0.378 e. The number of alkyl halides is 3. The molecule has 0 N–H and O–H groups in total. The molecule has 2 aromatic heterocycles. The molecule has 11 heteroatoms. The van der Waals surface area contributed by atoms with Crippen molar-refractivity contribution in [2.24, 2.45) is 0 Å². The average molecular weight is 468 g/mol. The van der Waals surface area contributed by atoms with Crippen molar-refractivity contribution in [3.63, 3.8) is 0 Å². The summed E-state index contributed by atoms with van der Waals surface area (Å²) in [6.45, 7) is 2.91. The van der Waals surface area contributed by atoms with Crippen molar-refractivity contribution >= 4 is 34.3 Å². The van der Waals surface area contributed by atoms with E-state index in [2.05, 4.69) is 9.97 Å². The van der Waals surface area contributed by atoms with Gasteiger partial charge < -0.3 is 14.5 Å². The third kappa shape index (κ3) is 3.93. The number of ether oxygens (including phenoxy) is 1. The van der Waals surface area contributed by atoms with Crippen molar-refractivity contribution in [2.75, 3.05) is 42.6 Å². The first-order chi connectivity index (χ1) is 15.3. The smallest absolute Gasteiger partial charge is 0.378 e.